The van der Waals surface area contributed by atoms with Crippen LogP contribution in [-0.2, 0) is 11.2 Å². The summed E-state index contributed by atoms with van der Waals surface area (Å²) in [6.45, 7) is 1.36. The summed E-state index contributed by atoms with van der Waals surface area (Å²) < 4.78 is 27.2. The minimum Gasteiger partial charge on any atom is -0.335 e. The maximum atomic E-state index is 13.6. The molecule has 2 rings (SSSR count). The number of nitrogens with zero attached hydrogens (tertiary/aromatic N) is 1. The van der Waals surface area contributed by atoms with Crippen molar-refractivity contribution in [3.63, 3.8) is 0 Å². The lowest BCUT2D eigenvalue weighted by Crippen LogP contribution is -2.23. The van der Waals surface area contributed by atoms with Gasteiger partial charge in [-0.15, -0.1) is 0 Å². The quantitative estimate of drug-likeness (QED) is 0.451. The van der Waals surface area contributed by atoms with Crippen LogP contribution in [0.1, 0.15) is 18.2 Å². The number of halogens is 2. The predicted octanol–water partition coefficient (Wildman–Crippen LogP) is 1.79. The van der Waals surface area contributed by atoms with E-state index in [1.54, 1.807) is 0 Å². The number of hydrazone groups is 1. The van der Waals surface area contributed by atoms with Crippen LogP contribution in [0.15, 0.2) is 34.2 Å². The van der Waals surface area contributed by atoms with Gasteiger partial charge in [-0.25, -0.2) is 14.2 Å². The first-order chi connectivity index (χ1) is 10.9. The van der Waals surface area contributed by atoms with Crippen LogP contribution >= 0.6 is 12.2 Å². The van der Waals surface area contributed by atoms with Gasteiger partial charge in [0.1, 0.15) is 11.6 Å². The van der Waals surface area contributed by atoms with E-state index in [0.29, 0.717) is 5.69 Å². The molecule has 6 nitrogen and oxygen atoms in total. The number of benzene rings is 1. The van der Waals surface area contributed by atoms with Gasteiger partial charge in [-0.1, -0.05) is 6.07 Å². The summed E-state index contributed by atoms with van der Waals surface area (Å²) in [5.74, 6) is -2.13. The molecule has 0 bridgehead atoms. The first kappa shape index (κ1) is 16.7. The molecule has 0 aliphatic rings. The number of H-pyrrole nitrogens is 2. The SMILES string of the molecule is C/C(=N/NC(=O)Cc1cc(=O)[nH]c(=S)[nH]1)c1c(F)cccc1F. The molecule has 0 radical (unpaired) electrons. The Morgan fingerprint density at radius 3 is 2.57 bits per heavy atom. The Kier molecular flexibility index (Phi) is 5.12. The average molecular weight is 338 g/mol. The predicted molar refractivity (Wildman–Crippen MR) is 82.7 cm³/mol. The van der Waals surface area contributed by atoms with E-state index in [-0.39, 0.29) is 22.5 Å². The van der Waals surface area contributed by atoms with Crippen molar-refractivity contribution in [1.29, 1.82) is 0 Å². The molecule has 0 fully saturated rings. The Balaban J connectivity index is 2.11. The molecule has 0 aliphatic carbocycles. The highest BCUT2D eigenvalue weighted by Crippen LogP contribution is 2.12. The van der Waals surface area contributed by atoms with Crippen molar-refractivity contribution in [2.24, 2.45) is 5.10 Å². The number of rotatable bonds is 4. The minimum atomic E-state index is -0.779. The third-order valence-electron chi connectivity index (χ3n) is 2.84. The number of amides is 1. The smallest absolute Gasteiger partial charge is 0.251 e. The van der Waals surface area contributed by atoms with Gasteiger partial charge in [-0.2, -0.15) is 5.10 Å². The van der Waals surface area contributed by atoms with Crippen molar-refractivity contribution in [1.82, 2.24) is 15.4 Å². The molecule has 0 spiro atoms. The highest BCUT2D eigenvalue weighted by Gasteiger charge is 2.12. The van der Waals surface area contributed by atoms with E-state index in [9.17, 15) is 18.4 Å². The Labute approximate surface area is 134 Å². The second-order valence-corrected chi connectivity index (χ2v) is 5.03. The minimum absolute atomic E-state index is 0.0206. The highest BCUT2D eigenvalue weighted by atomic mass is 32.1. The Morgan fingerprint density at radius 1 is 1.30 bits per heavy atom. The van der Waals surface area contributed by atoms with E-state index < -0.39 is 23.1 Å². The van der Waals surface area contributed by atoms with Gasteiger partial charge in [-0.05, 0) is 31.3 Å². The van der Waals surface area contributed by atoms with E-state index in [2.05, 4.69) is 20.5 Å². The summed E-state index contributed by atoms with van der Waals surface area (Å²) in [6.07, 6.45) is -0.190. The largest absolute Gasteiger partial charge is 0.335 e. The molecule has 1 amide bonds. The van der Waals surface area contributed by atoms with Crippen LogP contribution in [0.3, 0.4) is 0 Å². The number of hydrogen-bond acceptors (Lipinski definition) is 4. The first-order valence-corrected chi connectivity index (χ1v) is 6.87. The van der Waals surface area contributed by atoms with E-state index in [1.807, 2.05) is 0 Å². The lowest BCUT2D eigenvalue weighted by molar-refractivity contribution is -0.120. The molecule has 3 N–H and O–H groups in total. The van der Waals surface area contributed by atoms with Crippen molar-refractivity contribution in [3.8, 4) is 0 Å². The molecule has 2 aromatic rings. The first-order valence-electron chi connectivity index (χ1n) is 6.47. The number of carbonyl (C=O) groups is 1. The second kappa shape index (κ2) is 7.05. The van der Waals surface area contributed by atoms with Gasteiger partial charge in [0, 0.05) is 11.8 Å². The van der Waals surface area contributed by atoms with Crippen LogP contribution in [0.2, 0.25) is 0 Å². The van der Waals surface area contributed by atoms with Crippen LogP contribution < -0.4 is 11.0 Å². The van der Waals surface area contributed by atoms with Crippen molar-refractivity contribution in [2.75, 3.05) is 0 Å². The summed E-state index contributed by atoms with van der Waals surface area (Å²) in [4.78, 5) is 28.0. The molecule has 23 heavy (non-hydrogen) atoms. The van der Waals surface area contributed by atoms with Crippen LogP contribution in [0, 0.1) is 16.4 Å². The fourth-order valence-electron chi connectivity index (χ4n) is 1.87. The number of hydrogen-bond donors (Lipinski definition) is 3. The normalized spacial score (nSPS) is 11.3. The van der Waals surface area contributed by atoms with Gasteiger partial charge in [0.2, 0.25) is 5.91 Å². The van der Waals surface area contributed by atoms with Crippen molar-refractivity contribution in [2.45, 2.75) is 13.3 Å². The van der Waals surface area contributed by atoms with Crippen LogP contribution in [0.5, 0.6) is 0 Å². The monoisotopic (exact) mass is 338 g/mol. The summed E-state index contributed by atoms with van der Waals surface area (Å²) in [6, 6.07) is 4.60. The highest BCUT2D eigenvalue weighted by molar-refractivity contribution is 7.71. The molecule has 1 aromatic carbocycles. The molecular formula is C14H12F2N4O2S. The Bertz CT molecular complexity index is 840. The number of aromatic nitrogens is 2. The molecule has 0 saturated heterocycles. The molecule has 0 atom stereocenters. The molecule has 1 aromatic heterocycles. The number of carbonyl (C=O) groups excluding carboxylic acids is 1. The van der Waals surface area contributed by atoms with Gasteiger partial charge >= 0.3 is 0 Å². The zero-order valence-corrected chi connectivity index (χ0v) is 12.8. The van der Waals surface area contributed by atoms with Crippen LogP contribution in [0.4, 0.5) is 8.78 Å². The fraction of sp³-hybridized carbons (Fsp3) is 0.143. The van der Waals surface area contributed by atoms with Gasteiger partial charge in [0.25, 0.3) is 5.56 Å². The Hall–Kier alpha value is -2.68. The lowest BCUT2D eigenvalue weighted by Gasteiger charge is -2.05. The van der Waals surface area contributed by atoms with E-state index in [0.717, 1.165) is 12.1 Å². The van der Waals surface area contributed by atoms with Gasteiger partial charge in [0.05, 0.1) is 17.7 Å². The topological polar surface area (TPSA) is 90.1 Å². The third kappa shape index (κ3) is 4.39. The summed E-state index contributed by atoms with van der Waals surface area (Å²) in [5, 5.41) is 3.67. The fourth-order valence-corrected chi connectivity index (χ4v) is 2.10. The van der Waals surface area contributed by atoms with Gasteiger partial charge in [0.15, 0.2) is 4.77 Å². The van der Waals surface area contributed by atoms with E-state index >= 15 is 0 Å². The molecular weight excluding hydrogens is 326 g/mol. The zero-order chi connectivity index (χ0) is 17.0. The Morgan fingerprint density at radius 2 is 1.96 bits per heavy atom. The zero-order valence-electron chi connectivity index (χ0n) is 11.9. The maximum Gasteiger partial charge on any atom is 0.251 e. The molecule has 9 heteroatoms. The molecule has 0 unspecified atom stereocenters. The molecule has 0 aliphatic heterocycles. The van der Waals surface area contributed by atoms with Crippen molar-refractivity contribution in [3.05, 3.63) is 62.3 Å². The van der Waals surface area contributed by atoms with E-state index in [1.165, 1.54) is 19.1 Å². The van der Waals surface area contributed by atoms with Crippen LogP contribution in [-0.4, -0.2) is 21.6 Å². The molecule has 0 saturated carbocycles. The lowest BCUT2D eigenvalue weighted by atomic mass is 10.1. The standard InChI is InChI=1S/C14H12F2N4O2S/c1-7(13-9(15)3-2-4-10(13)16)19-20-12(22)6-8-5-11(21)18-14(23)17-8/h2-5H,6H2,1H3,(H,20,22)(H2,17,18,21,23)/b19-7-. The molecule has 1 heterocycles. The number of aromatic amines is 2. The second-order valence-electron chi connectivity index (χ2n) is 4.62. The molecule has 120 valence electrons. The third-order valence-corrected chi connectivity index (χ3v) is 3.04. The van der Waals surface area contributed by atoms with Crippen LogP contribution in [0.25, 0.3) is 0 Å². The van der Waals surface area contributed by atoms with Gasteiger partial charge < -0.3 is 4.98 Å². The van der Waals surface area contributed by atoms with Crippen molar-refractivity contribution >= 4 is 23.8 Å². The van der Waals surface area contributed by atoms with Gasteiger partial charge in [-0.3, -0.25) is 14.6 Å². The number of nitrogens with one attached hydrogen (secondary N) is 3. The average Bonchev–Trinajstić information content (AvgIpc) is 2.43. The van der Waals surface area contributed by atoms with E-state index in [4.69, 9.17) is 12.2 Å². The van der Waals surface area contributed by atoms with Crippen molar-refractivity contribution < 1.29 is 13.6 Å². The summed E-state index contributed by atoms with van der Waals surface area (Å²) in [5.41, 5.74) is 1.69. The maximum absolute atomic E-state index is 13.6. The summed E-state index contributed by atoms with van der Waals surface area (Å²) in [7, 11) is 0. The summed E-state index contributed by atoms with van der Waals surface area (Å²) >= 11 is 4.78.